The second-order valence-electron chi connectivity index (χ2n) is 6.08. The van der Waals surface area contributed by atoms with Crippen LogP contribution in [0.3, 0.4) is 0 Å². The number of amides is 1. The lowest BCUT2D eigenvalue weighted by atomic mass is 10.1. The van der Waals surface area contributed by atoms with Gasteiger partial charge in [-0.2, -0.15) is 0 Å². The minimum atomic E-state index is -1.10. The van der Waals surface area contributed by atoms with E-state index in [1.807, 2.05) is 12.1 Å². The van der Waals surface area contributed by atoms with Crippen molar-refractivity contribution in [3.8, 4) is 11.5 Å². The Balaban J connectivity index is 1.73. The SMILES string of the molecule is COc1ccc(CCNC(=O)COC(=O)[C@]2(C)CC2(Cl)Cl)cc1OC. The molecule has 8 heteroatoms. The highest BCUT2D eigenvalue weighted by Crippen LogP contribution is 2.64. The van der Waals surface area contributed by atoms with E-state index < -0.39 is 15.7 Å². The van der Waals surface area contributed by atoms with Gasteiger partial charge in [0.05, 0.1) is 14.2 Å². The van der Waals surface area contributed by atoms with Gasteiger partial charge in [0.2, 0.25) is 0 Å². The molecule has 0 heterocycles. The summed E-state index contributed by atoms with van der Waals surface area (Å²) in [6.07, 6.45) is 0.924. The molecule has 6 nitrogen and oxygen atoms in total. The van der Waals surface area contributed by atoms with E-state index in [0.717, 1.165) is 5.56 Å². The normalized spacial score (nSPS) is 20.5. The summed E-state index contributed by atoms with van der Waals surface area (Å²) < 4.78 is 14.3. The Morgan fingerprint density at radius 1 is 1.20 bits per heavy atom. The van der Waals surface area contributed by atoms with E-state index in [1.165, 1.54) is 0 Å². The van der Waals surface area contributed by atoms with Crippen LogP contribution in [0.15, 0.2) is 18.2 Å². The molecule has 1 aromatic rings. The third-order valence-corrected chi connectivity index (χ3v) is 5.33. The first-order valence-electron chi connectivity index (χ1n) is 7.76. The number of alkyl halides is 2. The van der Waals surface area contributed by atoms with Crippen molar-refractivity contribution in [3.63, 3.8) is 0 Å². The maximum absolute atomic E-state index is 11.9. The maximum atomic E-state index is 11.9. The Morgan fingerprint density at radius 2 is 1.84 bits per heavy atom. The average Bonchev–Trinajstić information content (AvgIpc) is 3.11. The van der Waals surface area contributed by atoms with Crippen molar-refractivity contribution in [3.05, 3.63) is 23.8 Å². The molecule has 1 aliphatic carbocycles. The van der Waals surface area contributed by atoms with Crippen LogP contribution in [0.4, 0.5) is 0 Å². The lowest BCUT2D eigenvalue weighted by molar-refractivity contribution is -0.153. The first kappa shape index (κ1) is 19.7. The number of carbonyl (C=O) groups is 2. The molecule has 25 heavy (non-hydrogen) atoms. The van der Waals surface area contributed by atoms with Gasteiger partial charge in [-0.3, -0.25) is 9.59 Å². The molecule has 0 aromatic heterocycles. The van der Waals surface area contributed by atoms with Crippen LogP contribution < -0.4 is 14.8 Å². The Kier molecular flexibility index (Phi) is 6.06. The van der Waals surface area contributed by atoms with E-state index >= 15 is 0 Å². The van der Waals surface area contributed by atoms with E-state index in [9.17, 15) is 9.59 Å². The van der Waals surface area contributed by atoms with E-state index in [2.05, 4.69) is 5.32 Å². The van der Waals surface area contributed by atoms with E-state index in [1.54, 1.807) is 27.2 Å². The van der Waals surface area contributed by atoms with Gasteiger partial charge in [0.15, 0.2) is 18.1 Å². The van der Waals surface area contributed by atoms with Gasteiger partial charge in [-0.05, 0) is 31.0 Å². The first-order valence-corrected chi connectivity index (χ1v) is 8.52. The summed E-state index contributed by atoms with van der Waals surface area (Å²) in [5, 5.41) is 2.69. The summed E-state index contributed by atoms with van der Waals surface area (Å²) in [6, 6.07) is 5.54. The largest absolute Gasteiger partial charge is 0.493 e. The molecule has 0 radical (unpaired) electrons. The topological polar surface area (TPSA) is 73.9 Å². The van der Waals surface area contributed by atoms with Crippen LogP contribution in [0.5, 0.6) is 11.5 Å². The van der Waals surface area contributed by atoms with Crippen molar-refractivity contribution in [2.24, 2.45) is 5.41 Å². The fraction of sp³-hybridized carbons (Fsp3) is 0.529. The molecule has 2 rings (SSSR count). The first-order chi connectivity index (χ1) is 11.7. The molecule has 138 valence electrons. The fourth-order valence-electron chi connectivity index (χ4n) is 2.35. The third kappa shape index (κ3) is 4.50. The molecule has 1 atom stereocenters. The Bertz CT molecular complexity index is 664. The fourth-order valence-corrected chi connectivity index (χ4v) is 3.03. The van der Waals surface area contributed by atoms with E-state index in [4.69, 9.17) is 37.4 Å². The summed E-state index contributed by atoms with van der Waals surface area (Å²) in [5.74, 6) is 0.328. The molecular formula is C17H21Cl2NO5. The highest BCUT2D eigenvalue weighted by molar-refractivity contribution is 6.53. The van der Waals surface area contributed by atoms with Gasteiger partial charge in [-0.25, -0.2) is 0 Å². The summed E-state index contributed by atoms with van der Waals surface area (Å²) in [5.41, 5.74) is 0.0465. The van der Waals surface area contributed by atoms with Gasteiger partial charge in [0.25, 0.3) is 5.91 Å². The Morgan fingerprint density at radius 3 is 2.40 bits per heavy atom. The van der Waals surface area contributed by atoms with Gasteiger partial charge >= 0.3 is 5.97 Å². The third-order valence-electron chi connectivity index (χ3n) is 4.23. The molecule has 1 amide bonds. The maximum Gasteiger partial charge on any atom is 0.315 e. The highest BCUT2D eigenvalue weighted by Gasteiger charge is 2.69. The predicted molar refractivity (Wildman–Crippen MR) is 94.4 cm³/mol. The highest BCUT2D eigenvalue weighted by atomic mass is 35.5. The van der Waals surface area contributed by atoms with Crippen LogP contribution in [-0.4, -0.2) is 43.6 Å². The second kappa shape index (κ2) is 7.70. The van der Waals surface area contributed by atoms with Crippen LogP contribution in [0.2, 0.25) is 0 Å². The number of esters is 1. The lowest BCUT2D eigenvalue weighted by Crippen LogP contribution is -2.32. The Labute approximate surface area is 156 Å². The molecule has 0 spiro atoms. The minimum absolute atomic E-state index is 0.322. The van der Waals surface area contributed by atoms with Gasteiger partial charge in [-0.1, -0.05) is 6.07 Å². The molecule has 0 aliphatic heterocycles. The van der Waals surface area contributed by atoms with Gasteiger partial charge < -0.3 is 19.5 Å². The van der Waals surface area contributed by atoms with Crippen molar-refractivity contribution < 1.29 is 23.8 Å². The molecule has 1 N–H and O–H groups in total. The smallest absolute Gasteiger partial charge is 0.315 e. The number of benzene rings is 1. The van der Waals surface area contributed by atoms with Crippen LogP contribution >= 0.6 is 23.2 Å². The van der Waals surface area contributed by atoms with Crippen LogP contribution in [-0.2, 0) is 20.7 Å². The van der Waals surface area contributed by atoms with Crippen molar-refractivity contribution in [2.75, 3.05) is 27.4 Å². The lowest BCUT2D eigenvalue weighted by Gasteiger charge is -2.12. The number of halogens is 2. The van der Waals surface area contributed by atoms with Crippen LogP contribution in [0.1, 0.15) is 18.9 Å². The summed E-state index contributed by atoms with van der Waals surface area (Å²) >= 11 is 11.8. The van der Waals surface area contributed by atoms with Crippen molar-refractivity contribution >= 4 is 35.1 Å². The number of nitrogens with one attached hydrogen (secondary N) is 1. The summed E-state index contributed by atoms with van der Waals surface area (Å²) in [4.78, 5) is 23.6. The van der Waals surface area contributed by atoms with Crippen molar-refractivity contribution in [1.29, 1.82) is 0 Å². The van der Waals surface area contributed by atoms with Gasteiger partial charge in [0.1, 0.15) is 9.75 Å². The number of hydrogen-bond acceptors (Lipinski definition) is 5. The zero-order chi connectivity index (χ0) is 18.7. The predicted octanol–water partition coefficient (Wildman–Crippen LogP) is 2.49. The zero-order valence-electron chi connectivity index (χ0n) is 14.4. The quantitative estimate of drug-likeness (QED) is 0.546. The van der Waals surface area contributed by atoms with Crippen LogP contribution in [0.25, 0.3) is 0 Å². The number of hydrogen-bond donors (Lipinski definition) is 1. The monoisotopic (exact) mass is 389 g/mol. The molecule has 0 bridgehead atoms. The summed E-state index contributed by atoms with van der Waals surface area (Å²) in [7, 11) is 3.13. The molecule has 1 aromatic carbocycles. The van der Waals surface area contributed by atoms with E-state index in [0.29, 0.717) is 30.9 Å². The van der Waals surface area contributed by atoms with E-state index in [-0.39, 0.29) is 12.5 Å². The minimum Gasteiger partial charge on any atom is -0.493 e. The van der Waals surface area contributed by atoms with Crippen molar-refractivity contribution in [1.82, 2.24) is 5.32 Å². The number of methoxy groups -OCH3 is 2. The molecule has 1 aliphatic rings. The standard InChI is InChI=1S/C17H21Cl2NO5/c1-16(10-17(16,18)19)15(22)25-9-14(21)20-7-6-11-4-5-12(23-2)13(8-11)24-3/h4-5,8H,6-7,9-10H2,1-3H3,(H,20,21)/t16-/m0/s1. The van der Waals surface area contributed by atoms with Crippen molar-refractivity contribution in [2.45, 2.75) is 24.1 Å². The Hall–Kier alpha value is -1.66. The number of rotatable bonds is 8. The van der Waals surface area contributed by atoms with Gasteiger partial charge in [-0.15, -0.1) is 23.2 Å². The number of carbonyl (C=O) groups excluding carboxylic acids is 2. The zero-order valence-corrected chi connectivity index (χ0v) is 15.9. The average molecular weight is 390 g/mol. The molecule has 1 saturated carbocycles. The van der Waals surface area contributed by atoms with Gasteiger partial charge in [0, 0.05) is 13.0 Å². The number of ether oxygens (including phenoxy) is 3. The molecular weight excluding hydrogens is 369 g/mol. The summed E-state index contributed by atoms with van der Waals surface area (Å²) in [6.45, 7) is 1.66. The molecule has 0 unspecified atom stereocenters. The van der Waals surface area contributed by atoms with Crippen LogP contribution in [0, 0.1) is 5.41 Å². The second-order valence-corrected chi connectivity index (χ2v) is 7.56. The molecule has 1 fully saturated rings. The molecule has 0 saturated heterocycles.